The number of hydrogen-bond acceptors (Lipinski definition) is 5. The Hall–Kier alpha value is -0.200. The van der Waals surface area contributed by atoms with Crippen LogP contribution in [0.3, 0.4) is 0 Å². The van der Waals surface area contributed by atoms with Crippen molar-refractivity contribution in [1.82, 2.24) is 0 Å². The topological polar surface area (TPSA) is 79.2 Å². The molecule has 186 valence electrons. The minimum absolute atomic E-state index is 0.158. The highest BCUT2D eigenvalue weighted by atomic mass is 16.6. The number of aliphatic hydroxyl groups excluding tert-OH is 3. The van der Waals surface area contributed by atoms with Crippen LogP contribution < -0.4 is 0 Å². The van der Waals surface area contributed by atoms with Crippen LogP contribution in [-0.4, -0.2) is 59.6 Å². The summed E-state index contributed by atoms with van der Waals surface area (Å²) < 4.78 is 11.1. The van der Waals surface area contributed by atoms with Gasteiger partial charge in [0.15, 0.2) is 0 Å². The van der Waals surface area contributed by atoms with Gasteiger partial charge in [0.05, 0.1) is 13.2 Å². The summed E-state index contributed by atoms with van der Waals surface area (Å²) in [5, 5.41) is 28.7. The van der Waals surface area contributed by atoms with E-state index in [1.165, 1.54) is 103 Å². The normalized spacial score (nSPS) is 22.3. The van der Waals surface area contributed by atoms with Crippen molar-refractivity contribution in [2.75, 3.05) is 19.8 Å². The van der Waals surface area contributed by atoms with Crippen molar-refractivity contribution >= 4 is 0 Å². The van der Waals surface area contributed by atoms with Crippen molar-refractivity contribution in [2.24, 2.45) is 0 Å². The summed E-state index contributed by atoms with van der Waals surface area (Å²) in [5.41, 5.74) is 0. The third-order valence-electron chi connectivity index (χ3n) is 6.54. The van der Waals surface area contributed by atoms with E-state index in [2.05, 4.69) is 6.92 Å². The molecule has 1 saturated heterocycles. The van der Waals surface area contributed by atoms with Crippen LogP contribution in [0.4, 0.5) is 0 Å². The molecule has 0 aromatic rings. The summed E-state index contributed by atoms with van der Waals surface area (Å²) in [6.45, 7) is 2.63. The Morgan fingerprint density at radius 3 is 1.58 bits per heavy atom. The third kappa shape index (κ3) is 14.5. The van der Waals surface area contributed by atoms with E-state index in [-0.39, 0.29) is 13.2 Å². The Morgan fingerprint density at radius 1 is 0.742 bits per heavy atom. The Morgan fingerprint density at radius 2 is 1.16 bits per heavy atom. The van der Waals surface area contributed by atoms with Crippen molar-refractivity contribution in [1.29, 1.82) is 0 Å². The third-order valence-corrected chi connectivity index (χ3v) is 6.54. The Kier molecular flexibility index (Phi) is 19.0. The number of aliphatic hydroxyl groups is 3. The number of ether oxygens (including phenoxy) is 2. The molecule has 31 heavy (non-hydrogen) atoms. The van der Waals surface area contributed by atoms with Gasteiger partial charge in [-0.3, -0.25) is 0 Å². The zero-order chi connectivity index (χ0) is 22.6. The lowest BCUT2D eigenvalue weighted by atomic mass is 10.0. The van der Waals surface area contributed by atoms with Crippen molar-refractivity contribution in [2.45, 2.75) is 147 Å². The molecule has 1 rings (SSSR count). The average Bonchev–Trinajstić information content (AvgIpc) is 3.15. The van der Waals surface area contributed by atoms with Gasteiger partial charge < -0.3 is 24.8 Å². The number of rotatable bonds is 22. The largest absolute Gasteiger partial charge is 0.394 e. The highest BCUT2D eigenvalue weighted by Crippen LogP contribution is 2.21. The molecule has 1 aliphatic heterocycles. The molecule has 3 N–H and O–H groups in total. The summed E-state index contributed by atoms with van der Waals surface area (Å²) in [4.78, 5) is 0. The quantitative estimate of drug-likeness (QED) is 0.191. The van der Waals surface area contributed by atoms with Gasteiger partial charge in [-0.25, -0.2) is 0 Å². The van der Waals surface area contributed by atoms with Gasteiger partial charge in [-0.15, -0.1) is 0 Å². The monoisotopic (exact) mass is 444 g/mol. The number of unbranched alkanes of at least 4 members (excludes halogenated alkanes) is 17. The Bertz CT molecular complexity index is 379. The van der Waals surface area contributed by atoms with Crippen molar-refractivity contribution in [3.8, 4) is 0 Å². The maximum Gasteiger partial charge on any atom is 0.114 e. The van der Waals surface area contributed by atoms with Crippen molar-refractivity contribution in [3.05, 3.63) is 0 Å². The van der Waals surface area contributed by atoms with Crippen LogP contribution in [0.5, 0.6) is 0 Å². The van der Waals surface area contributed by atoms with Crippen LogP contribution in [0, 0.1) is 0 Å². The molecular formula is C26H52O5. The fourth-order valence-electron chi connectivity index (χ4n) is 4.48. The van der Waals surface area contributed by atoms with Gasteiger partial charge in [0, 0.05) is 6.61 Å². The minimum atomic E-state index is -0.998. The molecule has 0 aromatic carbocycles. The van der Waals surface area contributed by atoms with E-state index >= 15 is 0 Å². The van der Waals surface area contributed by atoms with E-state index in [0.717, 1.165) is 12.8 Å². The van der Waals surface area contributed by atoms with E-state index in [9.17, 15) is 10.2 Å². The second-order valence-corrected chi connectivity index (χ2v) is 9.46. The second-order valence-electron chi connectivity index (χ2n) is 9.46. The van der Waals surface area contributed by atoms with Crippen LogP contribution in [0.2, 0.25) is 0 Å². The fourth-order valence-corrected chi connectivity index (χ4v) is 4.48. The van der Waals surface area contributed by atoms with Crippen LogP contribution in [0.15, 0.2) is 0 Å². The first kappa shape index (κ1) is 28.8. The van der Waals surface area contributed by atoms with Crippen LogP contribution >= 0.6 is 0 Å². The van der Waals surface area contributed by atoms with Gasteiger partial charge in [-0.05, 0) is 6.42 Å². The average molecular weight is 445 g/mol. The smallest absolute Gasteiger partial charge is 0.114 e. The first-order valence-corrected chi connectivity index (χ1v) is 13.4. The van der Waals surface area contributed by atoms with Crippen LogP contribution in [-0.2, 0) is 9.47 Å². The highest BCUT2D eigenvalue weighted by Gasteiger charge is 2.40. The van der Waals surface area contributed by atoms with Crippen molar-refractivity contribution in [3.63, 3.8) is 0 Å². The maximum atomic E-state index is 9.91. The van der Waals surface area contributed by atoms with Gasteiger partial charge in [-0.1, -0.05) is 116 Å². The summed E-state index contributed by atoms with van der Waals surface area (Å²) in [6.07, 6.45) is 21.4. The molecule has 0 bridgehead atoms. The summed E-state index contributed by atoms with van der Waals surface area (Å²) in [7, 11) is 0. The maximum absolute atomic E-state index is 9.91. The standard InChI is InChI=1S/C26H52O5/c1-2-3-4-5-6-7-8-9-10-11-12-13-14-15-16-17-18-19-20-30-26-24(29)22-31-25(26)23(28)21-27/h23-29H,2-22H2,1H3/t23-,24+,25-,26-/m0/s1. The molecule has 0 aromatic heterocycles. The Labute approximate surface area is 191 Å². The van der Waals surface area contributed by atoms with Gasteiger partial charge in [0.25, 0.3) is 0 Å². The van der Waals surface area contributed by atoms with Crippen LogP contribution in [0.1, 0.15) is 122 Å². The molecule has 0 saturated carbocycles. The molecule has 5 heteroatoms. The second kappa shape index (κ2) is 20.4. The summed E-state index contributed by atoms with van der Waals surface area (Å²) >= 11 is 0. The molecule has 0 spiro atoms. The van der Waals surface area contributed by atoms with E-state index in [0.29, 0.717) is 6.61 Å². The lowest BCUT2D eigenvalue weighted by molar-refractivity contribution is -0.0938. The first-order valence-electron chi connectivity index (χ1n) is 13.4. The predicted octanol–water partition coefficient (Wildman–Crippen LogP) is 5.53. The van der Waals surface area contributed by atoms with Crippen LogP contribution in [0.25, 0.3) is 0 Å². The lowest BCUT2D eigenvalue weighted by Gasteiger charge is -2.23. The zero-order valence-corrected chi connectivity index (χ0v) is 20.3. The van der Waals surface area contributed by atoms with Crippen molar-refractivity contribution < 1.29 is 24.8 Å². The summed E-state index contributed by atoms with van der Waals surface area (Å²) in [6, 6.07) is 0. The molecule has 0 amide bonds. The van der Waals surface area contributed by atoms with Gasteiger partial charge in [0.1, 0.15) is 24.4 Å². The van der Waals surface area contributed by atoms with E-state index < -0.39 is 24.4 Å². The molecule has 1 aliphatic rings. The predicted molar refractivity (Wildman–Crippen MR) is 127 cm³/mol. The minimum Gasteiger partial charge on any atom is -0.394 e. The van der Waals surface area contributed by atoms with E-state index in [1.54, 1.807) is 0 Å². The molecule has 5 nitrogen and oxygen atoms in total. The highest BCUT2D eigenvalue weighted by molar-refractivity contribution is 4.89. The van der Waals surface area contributed by atoms with Gasteiger partial charge in [0.2, 0.25) is 0 Å². The Balaban J connectivity index is 1.79. The zero-order valence-electron chi connectivity index (χ0n) is 20.3. The molecular weight excluding hydrogens is 392 g/mol. The lowest BCUT2D eigenvalue weighted by Crippen LogP contribution is -2.42. The first-order chi connectivity index (χ1) is 15.2. The SMILES string of the molecule is CCCCCCCCCCCCCCCCCCCCO[C@@H]1[C@H]([C@@H](O)CO)OC[C@H]1O. The fraction of sp³-hybridized carbons (Fsp3) is 1.00. The van der Waals surface area contributed by atoms with Gasteiger partial charge in [-0.2, -0.15) is 0 Å². The molecule has 1 fully saturated rings. The van der Waals surface area contributed by atoms with Gasteiger partial charge >= 0.3 is 0 Å². The molecule has 0 radical (unpaired) electrons. The molecule has 4 atom stereocenters. The number of hydrogen-bond donors (Lipinski definition) is 3. The molecule has 0 aliphatic carbocycles. The summed E-state index contributed by atoms with van der Waals surface area (Å²) in [5.74, 6) is 0. The molecule has 0 unspecified atom stereocenters. The molecule has 1 heterocycles. The van der Waals surface area contributed by atoms with E-state index in [4.69, 9.17) is 14.6 Å². The van der Waals surface area contributed by atoms with E-state index in [1.807, 2.05) is 0 Å².